The van der Waals surface area contributed by atoms with Crippen molar-refractivity contribution in [2.75, 3.05) is 13.2 Å². The van der Waals surface area contributed by atoms with E-state index >= 15 is 0 Å². The molecule has 0 radical (unpaired) electrons. The fourth-order valence-corrected chi connectivity index (χ4v) is 1.99. The molecule has 0 aromatic heterocycles. The fraction of sp³-hybridized carbons (Fsp3) is 0.462. The smallest absolute Gasteiger partial charge is 0.282 e. The number of carbonyl (C=O) groups is 1. The third-order valence-corrected chi connectivity index (χ3v) is 3.30. The lowest BCUT2D eigenvalue weighted by Gasteiger charge is -2.14. The first-order valence-electron chi connectivity index (χ1n) is 6.32. The Labute approximate surface area is 121 Å². The molecule has 0 aliphatic carbocycles. The first-order chi connectivity index (χ1) is 9.49. The van der Waals surface area contributed by atoms with Crippen molar-refractivity contribution >= 4 is 23.2 Å². The molecule has 7 heteroatoms. The van der Waals surface area contributed by atoms with Gasteiger partial charge in [0.25, 0.3) is 11.6 Å². The van der Waals surface area contributed by atoms with Gasteiger partial charge in [0.2, 0.25) is 0 Å². The summed E-state index contributed by atoms with van der Waals surface area (Å²) < 4.78 is 0. The number of rotatable bonds is 7. The van der Waals surface area contributed by atoms with Crippen molar-refractivity contribution in [3.05, 3.63) is 38.9 Å². The summed E-state index contributed by atoms with van der Waals surface area (Å²) in [6.45, 7) is 2.36. The first-order valence-corrected chi connectivity index (χ1v) is 6.70. The zero-order chi connectivity index (χ0) is 15.1. The maximum absolute atomic E-state index is 12.0. The summed E-state index contributed by atoms with van der Waals surface area (Å²) >= 11 is 5.77. The molecule has 1 amide bonds. The van der Waals surface area contributed by atoms with Gasteiger partial charge in [0.15, 0.2) is 0 Å². The van der Waals surface area contributed by atoms with Crippen molar-refractivity contribution < 1.29 is 14.8 Å². The van der Waals surface area contributed by atoms with Gasteiger partial charge in [-0.1, -0.05) is 24.9 Å². The highest BCUT2D eigenvalue weighted by Gasteiger charge is 2.20. The van der Waals surface area contributed by atoms with Gasteiger partial charge in [0, 0.05) is 24.2 Å². The molecule has 1 aromatic rings. The number of benzene rings is 1. The van der Waals surface area contributed by atoms with Crippen LogP contribution in [0.5, 0.6) is 0 Å². The van der Waals surface area contributed by atoms with Crippen molar-refractivity contribution in [2.45, 2.75) is 19.8 Å². The largest absolute Gasteiger partial charge is 0.396 e. The molecule has 0 spiro atoms. The molecule has 110 valence electrons. The van der Waals surface area contributed by atoms with Gasteiger partial charge in [-0.05, 0) is 24.5 Å². The molecule has 0 aliphatic heterocycles. The number of aliphatic hydroxyl groups excluding tert-OH is 1. The van der Waals surface area contributed by atoms with Crippen LogP contribution in [0.25, 0.3) is 0 Å². The van der Waals surface area contributed by atoms with Gasteiger partial charge >= 0.3 is 0 Å². The van der Waals surface area contributed by atoms with Crippen molar-refractivity contribution in [3.8, 4) is 0 Å². The van der Waals surface area contributed by atoms with E-state index in [2.05, 4.69) is 5.32 Å². The molecule has 20 heavy (non-hydrogen) atoms. The van der Waals surface area contributed by atoms with Gasteiger partial charge in [0.1, 0.15) is 5.56 Å². The zero-order valence-electron chi connectivity index (χ0n) is 11.1. The number of amides is 1. The lowest BCUT2D eigenvalue weighted by molar-refractivity contribution is -0.385. The Hall–Kier alpha value is -1.66. The van der Waals surface area contributed by atoms with Gasteiger partial charge in [-0.2, -0.15) is 0 Å². The molecule has 0 aliphatic rings. The molecule has 6 nitrogen and oxygen atoms in total. The molecule has 0 fully saturated rings. The summed E-state index contributed by atoms with van der Waals surface area (Å²) in [5.74, 6) is -0.391. The molecule has 1 aromatic carbocycles. The van der Waals surface area contributed by atoms with Crippen LogP contribution in [0.2, 0.25) is 5.02 Å². The van der Waals surface area contributed by atoms with Crippen LogP contribution in [-0.4, -0.2) is 29.1 Å². The summed E-state index contributed by atoms with van der Waals surface area (Å²) in [5.41, 5.74) is -0.330. The average Bonchev–Trinajstić information content (AvgIpc) is 2.42. The summed E-state index contributed by atoms with van der Waals surface area (Å²) in [5, 5.41) is 22.7. The number of nitro groups is 1. The molecule has 2 N–H and O–H groups in total. The maximum atomic E-state index is 12.0. The van der Waals surface area contributed by atoms with E-state index in [1.54, 1.807) is 0 Å². The molecule has 1 atom stereocenters. The second kappa shape index (κ2) is 7.81. The van der Waals surface area contributed by atoms with Crippen LogP contribution in [0.1, 0.15) is 30.1 Å². The van der Waals surface area contributed by atoms with Crippen LogP contribution < -0.4 is 5.32 Å². The van der Waals surface area contributed by atoms with Crippen molar-refractivity contribution in [2.24, 2.45) is 5.92 Å². The van der Waals surface area contributed by atoms with Crippen molar-refractivity contribution in [1.29, 1.82) is 0 Å². The van der Waals surface area contributed by atoms with E-state index in [9.17, 15) is 14.9 Å². The quantitative estimate of drug-likeness (QED) is 0.597. The topological polar surface area (TPSA) is 92.5 Å². The van der Waals surface area contributed by atoms with Gasteiger partial charge < -0.3 is 10.4 Å². The highest BCUT2D eigenvalue weighted by Crippen LogP contribution is 2.22. The minimum atomic E-state index is -0.615. The maximum Gasteiger partial charge on any atom is 0.282 e. The lowest BCUT2D eigenvalue weighted by atomic mass is 10.0. The lowest BCUT2D eigenvalue weighted by Crippen LogP contribution is -2.30. The summed E-state index contributed by atoms with van der Waals surface area (Å²) in [6.07, 6.45) is 1.38. The number of carbonyl (C=O) groups excluding carboxylic acids is 1. The van der Waals surface area contributed by atoms with Crippen LogP contribution in [0, 0.1) is 16.0 Å². The molecule has 0 bridgehead atoms. The molecule has 0 saturated heterocycles. The van der Waals surface area contributed by atoms with E-state index in [-0.39, 0.29) is 28.8 Å². The Morgan fingerprint density at radius 2 is 2.25 bits per heavy atom. The summed E-state index contributed by atoms with van der Waals surface area (Å²) in [6, 6.07) is 3.86. The van der Waals surface area contributed by atoms with E-state index in [4.69, 9.17) is 16.7 Å². The van der Waals surface area contributed by atoms with E-state index < -0.39 is 10.8 Å². The number of nitro benzene ring substituents is 1. The second-order valence-electron chi connectivity index (χ2n) is 4.42. The normalized spacial score (nSPS) is 11.9. The highest BCUT2D eigenvalue weighted by molar-refractivity contribution is 6.31. The van der Waals surface area contributed by atoms with Crippen LogP contribution in [0.4, 0.5) is 5.69 Å². The van der Waals surface area contributed by atoms with Crippen LogP contribution in [0.3, 0.4) is 0 Å². The highest BCUT2D eigenvalue weighted by atomic mass is 35.5. The Balaban J connectivity index is 2.81. The molecule has 0 heterocycles. The standard InChI is InChI=1S/C13H17ClN2O4/c1-2-9(5-6-17)8-15-13(18)11-7-10(14)3-4-12(11)16(19)20/h3-4,7,9,17H,2,5-6,8H2,1H3,(H,15,18). The van der Waals surface area contributed by atoms with Gasteiger partial charge in [-0.25, -0.2) is 0 Å². The second-order valence-corrected chi connectivity index (χ2v) is 4.85. The average molecular weight is 301 g/mol. The monoisotopic (exact) mass is 300 g/mol. The Morgan fingerprint density at radius 1 is 1.55 bits per heavy atom. The number of hydrogen-bond donors (Lipinski definition) is 2. The Bertz CT molecular complexity index is 493. The SMILES string of the molecule is CCC(CCO)CNC(=O)c1cc(Cl)ccc1[N+](=O)[O-]. The Morgan fingerprint density at radius 3 is 2.80 bits per heavy atom. The zero-order valence-corrected chi connectivity index (χ0v) is 11.9. The first kappa shape index (κ1) is 16.4. The van der Waals surface area contributed by atoms with Gasteiger partial charge in [-0.3, -0.25) is 14.9 Å². The van der Waals surface area contributed by atoms with E-state index in [0.717, 1.165) is 6.42 Å². The Kier molecular flexibility index (Phi) is 6.41. The van der Waals surface area contributed by atoms with Crippen molar-refractivity contribution in [3.63, 3.8) is 0 Å². The van der Waals surface area contributed by atoms with Crippen LogP contribution in [-0.2, 0) is 0 Å². The number of nitrogens with one attached hydrogen (secondary N) is 1. The van der Waals surface area contributed by atoms with Crippen LogP contribution >= 0.6 is 11.6 Å². The van der Waals surface area contributed by atoms with Gasteiger partial charge in [-0.15, -0.1) is 0 Å². The summed E-state index contributed by atoms with van der Waals surface area (Å²) in [7, 11) is 0. The minimum Gasteiger partial charge on any atom is -0.396 e. The number of aliphatic hydroxyl groups is 1. The fourth-order valence-electron chi connectivity index (χ4n) is 1.81. The van der Waals surface area contributed by atoms with Crippen LogP contribution in [0.15, 0.2) is 18.2 Å². The molecular weight excluding hydrogens is 284 g/mol. The molecule has 1 rings (SSSR count). The van der Waals surface area contributed by atoms with E-state index in [0.29, 0.717) is 13.0 Å². The third kappa shape index (κ3) is 4.47. The van der Waals surface area contributed by atoms with E-state index in [1.807, 2.05) is 6.92 Å². The van der Waals surface area contributed by atoms with Crippen molar-refractivity contribution in [1.82, 2.24) is 5.32 Å². The summed E-state index contributed by atoms with van der Waals surface area (Å²) in [4.78, 5) is 22.3. The molecule has 1 unspecified atom stereocenters. The predicted octanol–water partition coefficient (Wildman–Crippen LogP) is 2.39. The van der Waals surface area contributed by atoms with E-state index in [1.165, 1.54) is 18.2 Å². The number of nitrogens with zero attached hydrogens (tertiary/aromatic N) is 1. The third-order valence-electron chi connectivity index (χ3n) is 3.07. The predicted molar refractivity (Wildman–Crippen MR) is 75.9 cm³/mol. The number of hydrogen-bond acceptors (Lipinski definition) is 4. The molecular formula is C13H17ClN2O4. The minimum absolute atomic E-state index is 0.0473. The number of halogens is 1. The molecule has 0 saturated carbocycles. The van der Waals surface area contributed by atoms with Gasteiger partial charge in [0.05, 0.1) is 4.92 Å².